The van der Waals surface area contributed by atoms with E-state index in [0.29, 0.717) is 22.2 Å². The summed E-state index contributed by atoms with van der Waals surface area (Å²) in [5.41, 5.74) is 1.93. The standard InChI is InChI=1S/C22H15FN2O3S/c23-15-8-4-9-16(12-15)25-21(28)20-17(14-6-2-1-3-7-14)10-5-11-18(20)24-22(25)29-13-19(26)27/h1-12H,13H2,(H,26,27). The van der Waals surface area contributed by atoms with Crippen molar-refractivity contribution in [3.05, 3.63) is 89.0 Å². The normalized spacial score (nSPS) is 10.9. The van der Waals surface area contributed by atoms with E-state index in [1.54, 1.807) is 18.2 Å². The Morgan fingerprint density at radius 1 is 1.03 bits per heavy atom. The SMILES string of the molecule is O=C(O)CSc1nc2cccc(-c3ccccc3)c2c(=O)n1-c1cccc(F)c1. The third-order valence-electron chi connectivity index (χ3n) is 4.34. The van der Waals surface area contributed by atoms with Crippen LogP contribution in [0.1, 0.15) is 0 Å². The Morgan fingerprint density at radius 3 is 2.52 bits per heavy atom. The third-order valence-corrected chi connectivity index (χ3v) is 5.27. The van der Waals surface area contributed by atoms with Crippen molar-refractivity contribution in [2.45, 2.75) is 5.16 Å². The summed E-state index contributed by atoms with van der Waals surface area (Å²) in [7, 11) is 0. The summed E-state index contributed by atoms with van der Waals surface area (Å²) >= 11 is 0.916. The summed E-state index contributed by atoms with van der Waals surface area (Å²) in [6.45, 7) is 0. The minimum atomic E-state index is -1.03. The Balaban J connectivity index is 2.04. The first-order valence-corrected chi connectivity index (χ1v) is 9.75. The zero-order valence-electron chi connectivity index (χ0n) is 15.1. The molecule has 0 unspecified atom stereocenters. The van der Waals surface area contributed by atoms with Crippen LogP contribution in [0.15, 0.2) is 82.7 Å². The molecule has 1 heterocycles. The Labute approximate surface area is 169 Å². The maximum absolute atomic E-state index is 13.9. The van der Waals surface area contributed by atoms with Crippen LogP contribution in [0.2, 0.25) is 0 Å². The van der Waals surface area contributed by atoms with Gasteiger partial charge in [0.15, 0.2) is 5.16 Å². The molecule has 0 atom stereocenters. The van der Waals surface area contributed by atoms with E-state index in [2.05, 4.69) is 4.98 Å². The minimum absolute atomic E-state index is 0.195. The lowest BCUT2D eigenvalue weighted by Crippen LogP contribution is -2.23. The van der Waals surface area contributed by atoms with Crippen LogP contribution in [0.4, 0.5) is 4.39 Å². The van der Waals surface area contributed by atoms with Gasteiger partial charge in [-0.25, -0.2) is 9.37 Å². The monoisotopic (exact) mass is 406 g/mol. The molecular formula is C22H15FN2O3S. The second-order valence-electron chi connectivity index (χ2n) is 6.26. The van der Waals surface area contributed by atoms with Gasteiger partial charge in [-0.1, -0.05) is 60.3 Å². The average molecular weight is 406 g/mol. The number of fused-ring (bicyclic) bond motifs is 1. The Morgan fingerprint density at radius 2 is 1.79 bits per heavy atom. The molecule has 1 aromatic heterocycles. The quantitative estimate of drug-likeness (QED) is 0.394. The molecule has 144 valence electrons. The molecule has 4 rings (SSSR count). The fourth-order valence-corrected chi connectivity index (χ4v) is 3.87. The molecular weight excluding hydrogens is 391 g/mol. The minimum Gasteiger partial charge on any atom is -0.481 e. The van der Waals surface area contributed by atoms with Crippen LogP contribution >= 0.6 is 11.8 Å². The van der Waals surface area contributed by atoms with Crippen molar-refractivity contribution in [1.82, 2.24) is 9.55 Å². The number of hydrogen-bond acceptors (Lipinski definition) is 4. The number of carbonyl (C=O) groups is 1. The molecule has 4 aromatic rings. The van der Waals surface area contributed by atoms with Crippen LogP contribution < -0.4 is 5.56 Å². The highest BCUT2D eigenvalue weighted by atomic mass is 32.2. The largest absolute Gasteiger partial charge is 0.481 e. The molecule has 29 heavy (non-hydrogen) atoms. The van der Waals surface area contributed by atoms with E-state index < -0.39 is 11.8 Å². The number of carboxylic acids is 1. The second kappa shape index (κ2) is 7.89. The van der Waals surface area contributed by atoms with Gasteiger partial charge in [-0.3, -0.25) is 14.2 Å². The molecule has 5 nitrogen and oxygen atoms in total. The Bertz CT molecular complexity index is 1270. The van der Waals surface area contributed by atoms with Gasteiger partial charge in [-0.2, -0.15) is 0 Å². The number of halogens is 1. The van der Waals surface area contributed by atoms with Crippen molar-refractivity contribution in [1.29, 1.82) is 0 Å². The van der Waals surface area contributed by atoms with E-state index in [1.165, 1.54) is 22.8 Å². The molecule has 0 saturated heterocycles. The van der Waals surface area contributed by atoms with Crippen molar-refractivity contribution in [3.63, 3.8) is 0 Å². The van der Waals surface area contributed by atoms with Crippen molar-refractivity contribution < 1.29 is 14.3 Å². The van der Waals surface area contributed by atoms with Crippen LogP contribution in [-0.2, 0) is 4.79 Å². The first-order chi connectivity index (χ1) is 14.0. The molecule has 0 bridgehead atoms. The zero-order valence-corrected chi connectivity index (χ0v) is 15.9. The van der Waals surface area contributed by atoms with Crippen molar-refractivity contribution >= 4 is 28.6 Å². The van der Waals surface area contributed by atoms with E-state index >= 15 is 0 Å². The average Bonchev–Trinajstić information content (AvgIpc) is 2.72. The Kier molecular flexibility index (Phi) is 5.14. The predicted octanol–water partition coefficient (Wildman–Crippen LogP) is 4.37. The van der Waals surface area contributed by atoms with Crippen LogP contribution in [-0.4, -0.2) is 26.4 Å². The first-order valence-electron chi connectivity index (χ1n) is 8.76. The second-order valence-corrected chi connectivity index (χ2v) is 7.21. The van der Waals surface area contributed by atoms with Gasteiger partial charge in [0.25, 0.3) is 5.56 Å². The van der Waals surface area contributed by atoms with E-state index in [1.807, 2.05) is 36.4 Å². The van der Waals surface area contributed by atoms with Gasteiger partial charge < -0.3 is 5.11 Å². The van der Waals surface area contributed by atoms with Gasteiger partial charge in [0, 0.05) is 0 Å². The molecule has 0 fully saturated rings. The van der Waals surface area contributed by atoms with E-state index in [0.717, 1.165) is 17.3 Å². The zero-order chi connectivity index (χ0) is 20.4. The summed E-state index contributed by atoms with van der Waals surface area (Å²) in [6.07, 6.45) is 0. The smallest absolute Gasteiger partial charge is 0.313 e. The molecule has 3 aromatic carbocycles. The first kappa shape index (κ1) is 18.9. The molecule has 7 heteroatoms. The summed E-state index contributed by atoms with van der Waals surface area (Å²) in [6, 6.07) is 20.4. The number of benzene rings is 3. The van der Waals surface area contributed by atoms with Crippen molar-refractivity contribution in [2.75, 3.05) is 5.75 Å². The Hall–Kier alpha value is -3.45. The highest BCUT2D eigenvalue weighted by Crippen LogP contribution is 2.28. The van der Waals surface area contributed by atoms with Gasteiger partial charge in [0.05, 0.1) is 22.3 Å². The molecule has 0 radical (unpaired) electrons. The molecule has 0 aliphatic carbocycles. The fourth-order valence-electron chi connectivity index (χ4n) is 3.13. The molecule has 0 aliphatic rings. The lowest BCUT2D eigenvalue weighted by atomic mass is 10.0. The third kappa shape index (κ3) is 3.77. The molecule has 1 N–H and O–H groups in total. The van der Waals surface area contributed by atoms with Crippen LogP contribution in [0, 0.1) is 5.82 Å². The summed E-state index contributed by atoms with van der Waals surface area (Å²) in [5.74, 6) is -1.81. The van der Waals surface area contributed by atoms with Gasteiger partial charge in [-0.05, 0) is 35.4 Å². The van der Waals surface area contributed by atoms with Crippen molar-refractivity contribution in [2.24, 2.45) is 0 Å². The highest BCUT2D eigenvalue weighted by Gasteiger charge is 2.17. The molecule has 0 aliphatic heterocycles. The van der Waals surface area contributed by atoms with Crippen LogP contribution in [0.5, 0.6) is 0 Å². The lowest BCUT2D eigenvalue weighted by Gasteiger charge is -2.14. The number of thioether (sulfide) groups is 1. The lowest BCUT2D eigenvalue weighted by molar-refractivity contribution is -0.133. The number of nitrogens with zero attached hydrogens (tertiary/aromatic N) is 2. The number of hydrogen-bond donors (Lipinski definition) is 1. The van der Waals surface area contributed by atoms with E-state index in [4.69, 9.17) is 5.11 Å². The van der Waals surface area contributed by atoms with Gasteiger partial charge in [0.2, 0.25) is 0 Å². The summed E-state index contributed by atoms with van der Waals surface area (Å²) in [5, 5.41) is 9.65. The number of rotatable bonds is 5. The van der Waals surface area contributed by atoms with Gasteiger partial charge in [0.1, 0.15) is 5.82 Å². The summed E-state index contributed by atoms with van der Waals surface area (Å²) in [4.78, 5) is 29.1. The molecule has 0 saturated carbocycles. The molecule has 0 spiro atoms. The van der Waals surface area contributed by atoms with Crippen LogP contribution in [0.25, 0.3) is 27.7 Å². The number of aromatic nitrogens is 2. The number of aliphatic carboxylic acids is 1. The van der Waals surface area contributed by atoms with Gasteiger partial charge in [-0.15, -0.1) is 0 Å². The fraction of sp³-hybridized carbons (Fsp3) is 0.0455. The maximum atomic E-state index is 13.9. The highest BCUT2D eigenvalue weighted by molar-refractivity contribution is 7.99. The van der Waals surface area contributed by atoms with E-state index in [-0.39, 0.29) is 16.5 Å². The van der Waals surface area contributed by atoms with Crippen LogP contribution in [0.3, 0.4) is 0 Å². The summed E-state index contributed by atoms with van der Waals surface area (Å²) < 4.78 is 15.1. The van der Waals surface area contributed by atoms with Crippen molar-refractivity contribution in [3.8, 4) is 16.8 Å². The van der Waals surface area contributed by atoms with Gasteiger partial charge >= 0.3 is 5.97 Å². The maximum Gasteiger partial charge on any atom is 0.313 e. The topological polar surface area (TPSA) is 72.2 Å². The number of carboxylic acid groups (broad SMARTS) is 1. The predicted molar refractivity (Wildman–Crippen MR) is 111 cm³/mol. The van der Waals surface area contributed by atoms with E-state index in [9.17, 15) is 14.0 Å². The molecule has 0 amide bonds.